The molecule has 0 aliphatic carbocycles. The van der Waals surface area contributed by atoms with Gasteiger partial charge in [-0.25, -0.2) is 0 Å². The average molecular weight is 345 g/mol. The van der Waals surface area contributed by atoms with E-state index in [1.54, 1.807) is 0 Å². The van der Waals surface area contributed by atoms with Crippen LogP contribution in [0.1, 0.15) is 38.7 Å². The van der Waals surface area contributed by atoms with Crippen LogP contribution in [0.3, 0.4) is 0 Å². The zero-order valence-corrected chi connectivity index (χ0v) is 15.6. The Balaban J connectivity index is 1.52. The van der Waals surface area contributed by atoms with Gasteiger partial charge in [-0.3, -0.25) is 9.89 Å². The molecule has 1 aromatic rings. The van der Waals surface area contributed by atoms with Crippen LogP contribution in [-0.2, 0) is 11.3 Å². The first kappa shape index (κ1) is 18.2. The molecular weight excluding hydrogens is 312 g/mol. The van der Waals surface area contributed by atoms with Gasteiger partial charge in [0, 0.05) is 38.3 Å². The maximum atomic E-state index is 5.68. The summed E-state index contributed by atoms with van der Waals surface area (Å²) in [4.78, 5) is 7.30. The molecule has 0 saturated carbocycles. The number of rotatable bonds is 6. The summed E-state index contributed by atoms with van der Waals surface area (Å²) in [5.74, 6) is 0.928. The van der Waals surface area contributed by atoms with E-state index in [9.17, 15) is 0 Å². The van der Waals surface area contributed by atoms with E-state index in [2.05, 4.69) is 59.7 Å². The summed E-state index contributed by atoms with van der Waals surface area (Å²) in [6, 6.07) is 11.8. The lowest BCUT2D eigenvalue weighted by atomic mass is 10.2. The second-order valence-electron chi connectivity index (χ2n) is 7.20. The Labute approximate surface area is 151 Å². The van der Waals surface area contributed by atoms with Crippen molar-refractivity contribution in [3.8, 4) is 0 Å². The molecule has 0 aromatic heterocycles. The monoisotopic (exact) mass is 344 g/mol. The Morgan fingerprint density at radius 1 is 1.32 bits per heavy atom. The van der Waals surface area contributed by atoms with Gasteiger partial charge in [0.05, 0.1) is 12.6 Å². The van der Waals surface area contributed by atoms with Crippen molar-refractivity contribution in [2.75, 3.05) is 26.2 Å². The zero-order valence-electron chi connectivity index (χ0n) is 15.6. The minimum absolute atomic E-state index is 0.299. The molecule has 2 aliphatic rings. The van der Waals surface area contributed by atoms with Gasteiger partial charge in [-0.15, -0.1) is 0 Å². The number of nitrogens with one attached hydrogen (secondary N) is 2. The van der Waals surface area contributed by atoms with Crippen LogP contribution >= 0.6 is 0 Å². The van der Waals surface area contributed by atoms with Crippen LogP contribution in [0.2, 0.25) is 0 Å². The van der Waals surface area contributed by atoms with E-state index in [4.69, 9.17) is 9.73 Å². The van der Waals surface area contributed by atoms with E-state index in [0.717, 1.165) is 51.6 Å². The highest BCUT2D eigenvalue weighted by molar-refractivity contribution is 5.80. The molecule has 1 aromatic carbocycles. The maximum absolute atomic E-state index is 5.68. The molecule has 2 saturated heterocycles. The Kier molecular flexibility index (Phi) is 6.70. The SMILES string of the molecule is CCNC(=NCC1CCCO1)NC1CC(C)N(Cc2ccccc2)C1. The number of guanidine groups is 1. The number of hydrogen-bond donors (Lipinski definition) is 2. The molecule has 0 amide bonds. The van der Waals surface area contributed by atoms with Gasteiger partial charge >= 0.3 is 0 Å². The lowest BCUT2D eigenvalue weighted by molar-refractivity contribution is 0.117. The van der Waals surface area contributed by atoms with Gasteiger partial charge in [0.15, 0.2) is 5.96 Å². The number of nitrogens with zero attached hydrogens (tertiary/aromatic N) is 2. The summed E-state index contributed by atoms with van der Waals surface area (Å²) in [6.07, 6.45) is 3.75. The largest absolute Gasteiger partial charge is 0.376 e. The third-order valence-electron chi connectivity index (χ3n) is 5.09. The quantitative estimate of drug-likeness (QED) is 0.614. The normalized spacial score (nSPS) is 27.6. The molecule has 3 unspecified atom stereocenters. The molecule has 0 spiro atoms. The van der Waals surface area contributed by atoms with Crippen molar-refractivity contribution in [1.29, 1.82) is 0 Å². The minimum atomic E-state index is 0.299. The molecule has 0 radical (unpaired) electrons. The highest BCUT2D eigenvalue weighted by Gasteiger charge is 2.29. The maximum Gasteiger partial charge on any atom is 0.191 e. The molecule has 2 fully saturated rings. The van der Waals surface area contributed by atoms with E-state index < -0.39 is 0 Å². The topological polar surface area (TPSA) is 48.9 Å². The van der Waals surface area contributed by atoms with E-state index in [-0.39, 0.29) is 0 Å². The first-order valence-corrected chi connectivity index (χ1v) is 9.69. The van der Waals surface area contributed by atoms with Crippen LogP contribution in [0.25, 0.3) is 0 Å². The van der Waals surface area contributed by atoms with Crippen LogP contribution in [0.15, 0.2) is 35.3 Å². The predicted molar refractivity (Wildman–Crippen MR) is 103 cm³/mol. The van der Waals surface area contributed by atoms with Crippen molar-refractivity contribution >= 4 is 5.96 Å². The first-order valence-electron chi connectivity index (χ1n) is 9.69. The number of hydrogen-bond acceptors (Lipinski definition) is 3. The Morgan fingerprint density at radius 2 is 2.16 bits per heavy atom. The Hall–Kier alpha value is -1.59. The number of benzene rings is 1. The molecule has 138 valence electrons. The molecule has 5 heteroatoms. The summed E-state index contributed by atoms with van der Waals surface area (Å²) in [6.45, 7) is 9.03. The van der Waals surface area contributed by atoms with E-state index in [1.807, 2.05) is 0 Å². The van der Waals surface area contributed by atoms with Crippen molar-refractivity contribution in [1.82, 2.24) is 15.5 Å². The molecular formula is C20H32N4O. The van der Waals surface area contributed by atoms with Crippen molar-refractivity contribution in [3.63, 3.8) is 0 Å². The van der Waals surface area contributed by atoms with Gasteiger partial charge in [-0.1, -0.05) is 30.3 Å². The standard InChI is InChI=1S/C20H32N4O/c1-3-21-20(22-13-19-10-7-11-25-19)23-18-12-16(2)24(15-18)14-17-8-5-4-6-9-17/h4-6,8-9,16,18-19H,3,7,10-15H2,1-2H3,(H2,21,22,23). The average Bonchev–Trinajstić information content (AvgIpc) is 3.24. The van der Waals surface area contributed by atoms with Crippen molar-refractivity contribution in [2.45, 2.75) is 57.8 Å². The Morgan fingerprint density at radius 3 is 2.88 bits per heavy atom. The summed E-state index contributed by atoms with van der Waals surface area (Å²) in [5.41, 5.74) is 1.38. The van der Waals surface area contributed by atoms with E-state index in [0.29, 0.717) is 18.2 Å². The van der Waals surface area contributed by atoms with E-state index in [1.165, 1.54) is 12.0 Å². The summed E-state index contributed by atoms with van der Waals surface area (Å²) in [7, 11) is 0. The fourth-order valence-electron chi connectivity index (χ4n) is 3.74. The highest BCUT2D eigenvalue weighted by Crippen LogP contribution is 2.20. The first-order chi connectivity index (χ1) is 12.2. The third kappa shape index (κ3) is 5.44. The summed E-state index contributed by atoms with van der Waals surface area (Å²) < 4.78 is 5.68. The molecule has 2 aliphatic heterocycles. The second kappa shape index (κ2) is 9.20. The molecule has 2 N–H and O–H groups in total. The minimum Gasteiger partial charge on any atom is -0.376 e. The van der Waals surface area contributed by atoms with Crippen LogP contribution in [-0.4, -0.2) is 55.3 Å². The molecule has 3 atom stereocenters. The lowest BCUT2D eigenvalue weighted by Gasteiger charge is -2.21. The fourth-order valence-corrected chi connectivity index (χ4v) is 3.74. The number of aliphatic imine (C=N–C) groups is 1. The van der Waals surface area contributed by atoms with Crippen LogP contribution in [0.4, 0.5) is 0 Å². The Bertz CT molecular complexity index is 542. The van der Waals surface area contributed by atoms with Crippen LogP contribution in [0, 0.1) is 0 Å². The molecule has 25 heavy (non-hydrogen) atoms. The summed E-state index contributed by atoms with van der Waals surface area (Å²) in [5, 5.41) is 7.01. The molecule has 2 heterocycles. The van der Waals surface area contributed by atoms with Crippen molar-refractivity contribution < 1.29 is 4.74 Å². The van der Waals surface area contributed by atoms with Gasteiger partial charge < -0.3 is 15.4 Å². The molecule has 0 bridgehead atoms. The second-order valence-corrected chi connectivity index (χ2v) is 7.20. The zero-order chi connectivity index (χ0) is 17.5. The van der Waals surface area contributed by atoms with Crippen LogP contribution in [0.5, 0.6) is 0 Å². The van der Waals surface area contributed by atoms with Crippen molar-refractivity contribution in [2.24, 2.45) is 4.99 Å². The van der Waals surface area contributed by atoms with Crippen LogP contribution < -0.4 is 10.6 Å². The van der Waals surface area contributed by atoms with Gasteiger partial charge in [-0.2, -0.15) is 0 Å². The van der Waals surface area contributed by atoms with Gasteiger partial charge in [0.2, 0.25) is 0 Å². The van der Waals surface area contributed by atoms with Crippen molar-refractivity contribution in [3.05, 3.63) is 35.9 Å². The highest BCUT2D eigenvalue weighted by atomic mass is 16.5. The smallest absolute Gasteiger partial charge is 0.191 e. The summed E-state index contributed by atoms with van der Waals surface area (Å²) >= 11 is 0. The lowest BCUT2D eigenvalue weighted by Crippen LogP contribution is -2.44. The predicted octanol–water partition coefficient (Wildman–Crippen LogP) is 2.38. The third-order valence-corrected chi connectivity index (χ3v) is 5.09. The molecule has 5 nitrogen and oxygen atoms in total. The number of likely N-dealkylation sites (tertiary alicyclic amines) is 1. The molecule has 3 rings (SSSR count). The fraction of sp³-hybridized carbons (Fsp3) is 0.650. The van der Waals surface area contributed by atoms with E-state index >= 15 is 0 Å². The van der Waals surface area contributed by atoms with Gasteiger partial charge in [-0.05, 0) is 38.7 Å². The van der Waals surface area contributed by atoms with Gasteiger partial charge in [0.25, 0.3) is 0 Å². The number of ether oxygens (including phenoxy) is 1. The van der Waals surface area contributed by atoms with Gasteiger partial charge in [0.1, 0.15) is 0 Å².